The molecule has 6 nitrogen and oxygen atoms in total. The predicted octanol–water partition coefficient (Wildman–Crippen LogP) is 2.31. The first-order valence-electron chi connectivity index (χ1n) is 6.27. The highest BCUT2D eigenvalue weighted by Crippen LogP contribution is 2.37. The molecular formula is C12H13ClF3N3O3. The van der Waals surface area contributed by atoms with Crippen molar-refractivity contribution < 1.29 is 27.8 Å². The van der Waals surface area contributed by atoms with Crippen LogP contribution in [-0.2, 0) is 10.9 Å². The number of aromatic nitrogens is 1. The van der Waals surface area contributed by atoms with Gasteiger partial charge in [0.1, 0.15) is 5.82 Å². The van der Waals surface area contributed by atoms with Gasteiger partial charge < -0.3 is 9.84 Å². The smallest absolute Gasteiger partial charge is 0.369 e. The first kappa shape index (κ1) is 16.8. The number of carbonyl (C=O) groups excluding carboxylic acids is 1. The zero-order chi connectivity index (χ0) is 16.7. The number of halogens is 4. The molecule has 1 aliphatic heterocycles. The number of aliphatic hydroxyl groups is 1. The largest absolute Gasteiger partial charge is 0.418 e. The molecule has 10 heteroatoms. The van der Waals surface area contributed by atoms with Gasteiger partial charge in [-0.15, -0.1) is 0 Å². The minimum Gasteiger partial charge on any atom is -0.369 e. The maximum atomic E-state index is 12.9. The molecule has 1 saturated heterocycles. The molecule has 1 fully saturated rings. The summed E-state index contributed by atoms with van der Waals surface area (Å²) in [6.07, 6.45) is -6.39. The van der Waals surface area contributed by atoms with Crippen LogP contribution in [0.25, 0.3) is 0 Å². The van der Waals surface area contributed by atoms with E-state index in [9.17, 15) is 23.1 Å². The van der Waals surface area contributed by atoms with Crippen LogP contribution in [0.3, 0.4) is 0 Å². The van der Waals surface area contributed by atoms with Crippen molar-refractivity contribution >= 4 is 23.4 Å². The molecule has 2 atom stereocenters. The Balaban J connectivity index is 2.42. The fourth-order valence-corrected chi connectivity index (χ4v) is 2.31. The summed E-state index contributed by atoms with van der Waals surface area (Å²) >= 11 is 5.48. The minimum atomic E-state index is -4.70. The third kappa shape index (κ3) is 2.83. The van der Waals surface area contributed by atoms with Crippen molar-refractivity contribution in [1.82, 2.24) is 9.88 Å². The summed E-state index contributed by atoms with van der Waals surface area (Å²) in [5.74, 6) is -0.358. The van der Waals surface area contributed by atoms with Gasteiger partial charge in [-0.2, -0.15) is 13.2 Å². The van der Waals surface area contributed by atoms with Crippen molar-refractivity contribution in [1.29, 1.82) is 0 Å². The number of pyridine rings is 1. The number of rotatable bonds is 3. The summed E-state index contributed by atoms with van der Waals surface area (Å²) in [6, 6.07) is -0.111. The zero-order valence-corrected chi connectivity index (χ0v) is 12.4. The molecule has 0 aromatic carbocycles. The number of urea groups is 1. The van der Waals surface area contributed by atoms with Crippen LogP contribution in [-0.4, -0.2) is 47.1 Å². The van der Waals surface area contributed by atoms with Gasteiger partial charge >= 0.3 is 12.2 Å². The van der Waals surface area contributed by atoms with E-state index in [0.717, 1.165) is 16.0 Å². The fourth-order valence-electron chi connectivity index (χ4n) is 2.10. The maximum Gasteiger partial charge on any atom is 0.418 e. The Morgan fingerprint density at radius 3 is 2.68 bits per heavy atom. The van der Waals surface area contributed by atoms with Gasteiger partial charge in [-0.3, -0.25) is 4.90 Å². The molecule has 2 amide bonds. The van der Waals surface area contributed by atoms with Crippen LogP contribution in [0.4, 0.5) is 23.8 Å². The SMILES string of the molecule is CCOC1C(O)N(c2cc(C(F)(F)F)c(Cl)cn2)C(=O)N1C. The van der Waals surface area contributed by atoms with Gasteiger partial charge in [0.15, 0.2) is 12.5 Å². The average Bonchev–Trinajstić information content (AvgIpc) is 2.63. The Morgan fingerprint density at radius 2 is 2.14 bits per heavy atom. The molecule has 1 aromatic heterocycles. The van der Waals surface area contributed by atoms with E-state index in [1.54, 1.807) is 6.92 Å². The topological polar surface area (TPSA) is 65.9 Å². The second-order valence-corrected chi connectivity index (χ2v) is 4.95. The molecule has 22 heavy (non-hydrogen) atoms. The van der Waals surface area contributed by atoms with E-state index in [1.807, 2.05) is 0 Å². The van der Waals surface area contributed by atoms with E-state index in [2.05, 4.69) is 4.98 Å². The Labute approximate surface area is 129 Å². The van der Waals surface area contributed by atoms with Gasteiger partial charge in [-0.05, 0) is 13.0 Å². The molecular weight excluding hydrogens is 327 g/mol. The van der Waals surface area contributed by atoms with Crippen molar-refractivity contribution in [3.05, 3.63) is 22.8 Å². The summed E-state index contributed by atoms with van der Waals surface area (Å²) in [7, 11) is 1.37. The van der Waals surface area contributed by atoms with Crippen LogP contribution in [0, 0.1) is 0 Å². The number of likely N-dealkylation sites (N-methyl/N-ethyl adjacent to an activating group) is 1. The number of hydrogen-bond acceptors (Lipinski definition) is 4. The van der Waals surface area contributed by atoms with Gasteiger partial charge in [0.25, 0.3) is 0 Å². The lowest BCUT2D eigenvalue weighted by atomic mass is 10.2. The first-order chi connectivity index (χ1) is 10.2. The molecule has 0 saturated carbocycles. The number of nitrogens with zero attached hydrogens (tertiary/aromatic N) is 3. The number of hydrogen-bond donors (Lipinski definition) is 1. The second-order valence-electron chi connectivity index (χ2n) is 4.54. The van der Waals surface area contributed by atoms with Crippen molar-refractivity contribution in [3.8, 4) is 0 Å². The zero-order valence-electron chi connectivity index (χ0n) is 11.6. The molecule has 1 N–H and O–H groups in total. The van der Waals surface area contributed by atoms with Gasteiger partial charge in [0.2, 0.25) is 0 Å². The molecule has 1 aliphatic rings. The summed E-state index contributed by atoms with van der Waals surface area (Å²) in [4.78, 5) is 17.6. The van der Waals surface area contributed by atoms with Crippen molar-refractivity contribution in [3.63, 3.8) is 0 Å². The summed E-state index contributed by atoms with van der Waals surface area (Å²) in [6.45, 7) is 1.88. The highest BCUT2D eigenvalue weighted by molar-refractivity contribution is 6.31. The monoisotopic (exact) mass is 339 g/mol. The van der Waals surface area contributed by atoms with Gasteiger partial charge in [-0.25, -0.2) is 14.7 Å². The summed E-state index contributed by atoms with van der Waals surface area (Å²) in [5.41, 5.74) is -1.14. The first-order valence-corrected chi connectivity index (χ1v) is 6.64. The molecule has 2 unspecified atom stereocenters. The third-order valence-corrected chi connectivity index (χ3v) is 3.44. The maximum absolute atomic E-state index is 12.9. The number of ether oxygens (including phenoxy) is 1. The van der Waals surface area contributed by atoms with E-state index >= 15 is 0 Å². The number of amides is 2. The van der Waals surface area contributed by atoms with E-state index in [-0.39, 0.29) is 12.4 Å². The van der Waals surface area contributed by atoms with Crippen molar-refractivity contribution in [2.75, 3.05) is 18.6 Å². The normalized spacial score (nSPS) is 22.6. The minimum absolute atomic E-state index is 0.217. The molecule has 2 heterocycles. The van der Waals surface area contributed by atoms with Crippen LogP contribution in [0.5, 0.6) is 0 Å². The van der Waals surface area contributed by atoms with Gasteiger partial charge in [-0.1, -0.05) is 11.6 Å². The molecule has 0 aliphatic carbocycles. The molecule has 122 valence electrons. The van der Waals surface area contributed by atoms with Gasteiger partial charge in [0.05, 0.1) is 10.6 Å². The van der Waals surface area contributed by atoms with Gasteiger partial charge in [0, 0.05) is 19.9 Å². The Hall–Kier alpha value is -1.58. The predicted molar refractivity (Wildman–Crippen MR) is 71.3 cm³/mol. The lowest BCUT2D eigenvalue weighted by Gasteiger charge is -2.21. The molecule has 1 aromatic rings. The Morgan fingerprint density at radius 1 is 1.50 bits per heavy atom. The van der Waals surface area contributed by atoms with Crippen LogP contribution in [0.1, 0.15) is 12.5 Å². The number of anilines is 1. The number of aliphatic hydroxyl groups excluding tert-OH is 1. The van der Waals surface area contributed by atoms with Crippen molar-refractivity contribution in [2.45, 2.75) is 25.6 Å². The van der Waals surface area contributed by atoms with Crippen LogP contribution in [0.2, 0.25) is 5.02 Å². The lowest BCUT2D eigenvalue weighted by molar-refractivity contribution is -0.137. The number of carbonyl (C=O) groups is 1. The Kier molecular flexibility index (Phi) is 4.50. The second kappa shape index (κ2) is 5.90. The van der Waals surface area contributed by atoms with E-state index in [0.29, 0.717) is 6.07 Å². The van der Waals surface area contributed by atoms with Crippen molar-refractivity contribution in [2.24, 2.45) is 0 Å². The highest BCUT2D eigenvalue weighted by Gasteiger charge is 2.46. The van der Waals surface area contributed by atoms with Crippen LogP contribution < -0.4 is 4.90 Å². The molecule has 0 bridgehead atoms. The number of alkyl halides is 3. The average molecular weight is 340 g/mol. The summed E-state index contributed by atoms with van der Waals surface area (Å²) in [5, 5.41) is 9.53. The van der Waals surface area contributed by atoms with Crippen LogP contribution in [0.15, 0.2) is 12.3 Å². The fraction of sp³-hybridized carbons (Fsp3) is 0.500. The highest BCUT2D eigenvalue weighted by atomic mass is 35.5. The third-order valence-electron chi connectivity index (χ3n) is 3.14. The van der Waals surface area contributed by atoms with E-state index < -0.39 is 35.2 Å². The molecule has 0 spiro atoms. The van der Waals surface area contributed by atoms with Crippen LogP contribution >= 0.6 is 11.6 Å². The Bertz CT molecular complexity index is 584. The quantitative estimate of drug-likeness (QED) is 0.917. The lowest BCUT2D eigenvalue weighted by Crippen LogP contribution is -2.38. The molecule has 2 rings (SSSR count). The van der Waals surface area contributed by atoms with E-state index in [1.165, 1.54) is 7.05 Å². The van der Waals surface area contributed by atoms with E-state index in [4.69, 9.17) is 16.3 Å². The standard InChI is InChI=1S/C12H13ClF3N3O3/c1-3-22-10-9(20)19(11(21)18(10)2)8-4-6(12(14,15)16)7(13)5-17-8/h4-5,9-10,20H,3H2,1-2H3. The molecule has 0 radical (unpaired) electrons. The summed E-state index contributed by atoms with van der Waals surface area (Å²) < 4.78 is 43.8.